The molecule has 0 radical (unpaired) electrons. The molecule has 0 spiro atoms. The minimum absolute atomic E-state index is 0.344. The molecule has 0 atom stereocenters. The van der Waals surface area contributed by atoms with Gasteiger partial charge in [0.2, 0.25) is 5.91 Å². The van der Waals surface area contributed by atoms with Crippen molar-refractivity contribution in [2.45, 2.75) is 25.3 Å². The Labute approximate surface area is 129 Å². The highest BCUT2D eigenvalue weighted by Gasteiger charge is 2.22. The Kier molecular flexibility index (Phi) is 3.84. The van der Waals surface area contributed by atoms with E-state index in [1.54, 1.807) is 12.1 Å². The first-order valence-corrected chi connectivity index (χ1v) is 7.43. The number of rotatable bonds is 5. The van der Waals surface area contributed by atoms with Gasteiger partial charge in [-0.3, -0.25) is 4.79 Å². The lowest BCUT2D eigenvalue weighted by atomic mass is 10.1. The Balaban J connectivity index is 1.64. The minimum Gasteiger partial charge on any atom is -0.381 e. The zero-order valence-electron chi connectivity index (χ0n) is 11.6. The lowest BCUT2D eigenvalue weighted by Crippen LogP contribution is -2.11. The van der Waals surface area contributed by atoms with Crippen LogP contribution in [0.5, 0.6) is 0 Å². The summed E-state index contributed by atoms with van der Waals surface area (Å²) in [6, 6.07) is 13.9. The molecule has 0 saturated heterocycles. The number of hydrogen-bond acceptors (Lipinski definition) is 2. The summed E-state index contributed by atoms with van der Waals surface area (Å²) >= 11 is 6.03. The largest absolute Gasteiger partial charge is 0.381 e. The molecule has 0 aromatic heterocycles. The summed E-state index contributed by atoms with van der Waals surface area (Å²) in [6.45, 7) is 0.719. The van der Waals surface area contributed by atoms with Gasteiger partial charge < -0.3 is 11.1 Å². The van der Waals surface area contributed by atoms with E-state index in [0.717, 1.165) is 18.2 Å². The summed E-state index contributed by atoms with van der Waals surface area (Å²) in [5, 5.41) is 3.67. The molecule has 0 heterocycles. The molecule has 1 aliphatic carbocycles. The standard InChI is InChI=1S/C17H17ClN2O/c18-16-9-14(7-8-15(16)17(19)21)20-10-11-1-3-12(4-2-11)13-5-6-13/h1-4,7-9,13,20H,5-6,10H2,(H2,19,21). The van der Waals surface area contributed by atoms with E-state index in [2.05, 4.69) is 29.6 Å². The molecule has 0 aliphatic heterocycles. The number of anilines is 1. The van der Waals surface area contributed by atoms with E-state index in [9.17, 15) is 4.79 Å². The number of primary amides is 1. The Bertz CT molecular complexity index is 663. The molecule has 108 valence electrons. The third-order valence-corrected chi connectivity index (χ3v) is 4.07. The zero-order chi connectivity index (χ0) is 14.8. The summed E-state index contributed by atoms with van der Waals surface area (Å²) in [5.74, 6) is 0.273. The molecule has 1 amide bonds. The smallest absolute Gasteiger partial charge is 0.250 e. The van der Waals surface area contributed by atoms with Crippen LogP contribution in [0.4, 0.5) is 5.69 Å². The SMILES string of the molecule is NC(=O)c1ccc(NCc2ccc(C3CC3)cc2)cc1Cl. The highest BCUT2D eigenvalue weighted by molar-refractivity contribution is 6.34. The average Bonchev–Trinajstić information content (AvgIpc) is 3.30. The summed E-state index contributed by atoms with van der Waals surface area (Å²) in [5.41, 5.74) is 9.10. The van der Waals surface area contributed by atoms with E-state index < -0.39 is 5.91 Å². The van der Waals surface area contributed by atoms with E-state index in [-0.39, 0.29) is 0 Å². The average molecular weight is 301 g/mol. The van der Waals surface area contributed by atoms with Crippen molar-refractivity contribution in [2.75, 3.05) is 5.32 Å². The van der Waals surface area contributed by atoms with E-state index in [1.165, 1.54) is 24.0 Å². The normalized spacial score (nSPS) is 14.0. The van der Waals surface area contributed by atoms with Crippen LogP contribution in [0.25, 0.3) is 0 Å². The Hall–Kier alpha value is -2.00. The van der Waals surface area contributed by atoms with Crippen LogP contribution in [-0.4, -0.2) is 5.91 Å². The maximum Gasteiger partial charge on any atom is 0.250 e. The molecule has 21 heavy (non-hydrogen) atoms. The van der Waals surface area contributed by atoms with Gasteiger partial charge >= 0.3 is 0 Å². The second kappa shape index (κ2) is 5.78. The molecule has 3 N–H and O–H groups in total. The summed E-state index contributed by atoms with van der Waals surface area (Å²) in [7, 11) is 0. The van der Waals surface area contributed by atoms with Crippen molar-refractivity contribution >= 4 is 23.2 Å². The number of carbonyl (C=O) groups excluding carboxylic acids is 1. The first-order chi connectivity index (χ1) is 10.1. The highest BCUT2D eigenvalue weighted by atomic mass is 35.5. The third-order valence-electron chi connectivity index (χ3n) is 3.76. The van der Waals surface area contributed by atoms with Crippen molar-refractivity contribution in [2.24, 2.45) is 5.73 Å². The first kappa shape index (κ1) is 14.0. The maximum atomic E-state index is 11.1. The van der Waals surface area contributed by atoms with Crippen molar-refractivity contribution in [3.8, 4) is 0 Å². The van der Waals surface area contributed by atoms with Gasteiger partial charge in [0.05, 0.1) is 10.6 Å². The van der Waals surface area contributed by atoms with Crippen molar-refractivity contribution < 1.29 is 4.79 Å². The molecule has 1 fully saturated rings. The van der Waals surface area contributed by atoms with Gasteiger partial charge in [0.15, 0.2) is 0 Å². The van der Waals surface area contributed by atoms with Crippen LogP contribution in [0.3, 0.4) is 0 Å². The van der Waals surface area contributed by atoms with Gasteiger partial charge in [-0.15, -0.1) is 0 Å². The molecule has 4 heteroatoms. The quantitative estimate of drug-likeness (QED) is 0.879. The number of nitrogens with two attached hydrogens (primary N) is 1. The molecule has 1 aliphatic rings. The second-order valence-corrected chi connectivity index (χ2v) is 5.84. The summed E-state index contributed by atoms with van der Waals surface area (Å²) in [4.78, 5) is 11.1. The van der Waals surface area contributed by atoms with Crippen molar-refractivity contribution in [3.05, 3.63) is 64.2 Å². The van der Waals surface area contributed by atoms with Crippen LogP contribution >= 0.6 is 11.6 Å². The van der Waals surface area contributed by atoms with Gasteiger partial charge in [-0.05, 0) is 48.1 Å². The minimum atomic E-state index is -0.512. The molecular formula is C17H17ClN2O. The Morgan fingerprint density at radius 2 is 1.90 bits per heavy atom. The number of amides is 1. The first-order valence-electron chi connectivity index (χ1n) is 7.05. The van der Waals surface area contributed by atoms with Gasteiger partial charge in [0.1, 0.15) is 0 Å². The van der Waals surface area contributed by atoms with Gasteiger partial charge in [-0.2, -0.15) is 0 Å². The van der Waals surface area contributed by atoms with Crippen LogP contribution in [0.1, 0.15) is 40.2 Å². The number of hydrogen-bond donors (Lipinski definition) is 2. The van der Waals surface area contributed by atoms with Crippen molar-refractivity contribution in [1.82, 2.24) is 0 Å². The molecule has 3 nitrogen and oxygen atoms in total. The second-order valence-electron chi connectivity index (χ2n) is 5.43. The molecular weight excluding hydrogens is 284 g/mol. The fourth-order valence-electron chi connectivity index (χ4n) is 2.35. The highest BCUT2D eigenvalue weighted by Crippen LogP contribution is 2.39. The number of carbonyl (C=O) groups is 1. The predicted octanol–water partition coefficient (Wildman–Crippen LogP) is 3.93. The van der Waals surface area contributed by atoms with Gasteiger partial charge in [0.25, 0.3) is 0 Å². The van der Waals surface area contributed by atoms with Crippen LogP contribution in [0.15, 0.2) is 42.5 Å². The maximum absolute atomic E-state index is 11.1. The lowest BCUT2D eigenvalue weighted by Gasteiger charge is -2.09. The van der Waals surface area contributed by atoms with Crippen molar-refractivity contribution in [1.29, 1.82) is 0 Å². The number of halogens is 1. The Morgan fingerprint density at radius 3 is 2.48 bits per heavy atom. The van der Waals surface area contributed by atoms with Gasteiger partial charge in [-0.1, -0.05) is 35.9 Å². The van der Waals surface area contributed by atoms with E-state index in [0.29, 0.717) is 10.6 Å². The molecule has 2 aromatic rings. The van der Waals surface area contributed by atoms with E-state index in [4.69, 9.17) is 17.3 Å². The molecule has 0 unspecified atom stereocenters. The summed E-state index contributed by atoms with van der Waals surface area (Å²) in [6.07, 6.45) is 2.64. The van der Waals surface area contributed by atoms with Gasteiger partial charge in [-0.25, -0.2) is 0 Å². The fourth-order valence-corrected chi connectivity index (χ4v) is 2.63. The van der Waals surface area contributed by atoms with Crippen LogP contribution in [0.2, 0.25) is 5.02 Å². The topological polar surface area (TPSA) is 55.1 Å². The Morgan fingerprint density at radius 1 is 1.19 bits per heavy atom. The number of nitrogens with one attached hydrogen (secondary N) is 1. The van der Waals surface area contributed by atoms with Crippen LogP contribution < -0.4 is 11.1 Å². The monoisotopic (exact) mass is 300 g/mol. The van der Waals surface area contributed by atoms with Crippen LogP contribution in [-0.2, 0) is 6.54 Å². The molecule has 2 aromatic carbocycles. The van der Waals surface area contributed by atoms with E-state index in [1.807, 2.05) is 6.07 Å². The fraction of sp³-hybridized carbons (Fsp3) is 0.235. The van der Waals surface area contributed by atoms with Crippen LogP contribution in [0, 0.1) is 0 Å². The zero-order valence-corrected chi connectivity index (χ0v) is 12.4. The summed E-state index contributed by atoms with van der Waals surface area (Å²) < 4.78 is 0. The molecule has 3 rings (SSSR count). The third kappa shape index (κ3) is 3.37. The number of benzene rings is 2. The lowest BCUT2D eigenvalue weighted by molar-refractivity contribution is 0.100. The molecule has 1 saturated carbocycles. The van der Waals surface area contributed by atoms with Gasteiger partial charge in [0, 0.05) is 12.2 Å². The predicted molar refractivity (Wildman–Crippen MR) is 85.7 cm³/mol. The molecule has 0 bridgehead atoms. The van der Waals surface area contributed by atoms with Crippen molar-refractivity contribution in [3.63, 3.8) is 0 Å². The van der Waals surface area contributed by atoms with E-state index >= 15 is 0 Å².